The number of aliphatic hydroxyl groups excluding tert-OH is 2. The lowest BCUT2D eigenvalue weighted by Crippen LogP contribution is -2.24. The van der Waals surface area contributed by atoms with Crippen LogP contribution in [0.1, 0.15) is 15.9 Å². The average molecular weight is 272 g/mol. The minimum Gasteiger partial charge on any atom is -0.507 e. The zero-order valence-corrected chi connectivity index (χ0v) is 9.91. The van der Waals surface area contributed by atoms with Crippen molar-refractivity contribution >= 4 is 28.1 Å². The Morgan fingerprint density at radius 1 is 0.850 bits per heavy atom. The maximum Gasteiger partial charge on any atom is 0.271 e. The highest BCUT2D eigenvalue weighted by Gasteiger charge is 2.36. The van der Waals surface area contributed by atoms with E-state index in [1.807, 2.05) is 0 Å². The van der Waals surface area contributed by atoms with Crippen LogP contribution in [-0.2, 0) is 4.79 Å². The standard InChI is InChI=1S/C14H8O6/c15-7-3-1-2-5-4-6-9(11(17)8(5)7)12(18)14(20)13(19)10(6)16/h1-4,15,17-18,20H. The maximum atomic E-state index is 11.8. The van der Waals surface area contributed by atoms with Crippen LogP contribution in [0.4, 0.5) is 0 Å². The van der Waals surface area contributed by atoms with E-state index in [1.165, 1.54) is 24.3 Å². The molecule has 0 bridgehead atoms. The van der Waals surface area contributed by atoms with E-state index in [9.17, 15) is 30.0 Å². The van der Waals surface area contributed by atoms with E-state index in [0.29, 0.717) is 5.39 Å². The lowest BCUT2D eigenvalue weighted by atomic mass is 9.89. The number of allylic oxidation sites excluding steroid dienone is 1. The zero-order valence-electron chi connectivity index (χ0n) is 9.91. The molecule has 0 aliphatic heterocycles. The fraction of sp³-hybridized carbons (Fsp3) is 0. The summed E-state index contributed by atoms with van der Waals surface area (Å²) in [6, 6.07) is 5.63. The number of benzene rings is 2. The lowest BCUT2D eigenvalue weighted by molar-refractivity contribution is -0.114. The van der Waals surface area contributed by atoms with Gasteiger partial charge in [-0.05, 0) is 17.5 Å². The molecule has 4 N–H and O–H groups in total. The number of hydrogen-bond acceptors (Lipinski definition) is 6. The van der Waals surface area contributed by atoms with E-state index < -0.39 is 28.8 Å². The first-order valence-corrected chi connectivity index (χ1v) is 5.62. The number of aliphatic hydroxyl groups is 2. The summed E-state index contributed by atoms with van der Waals surface area (Å²) in [6.45, 7) is 0. The van der Waals surface area contributed by atoms with E-state index in [-0.39, 0.29) is 22.3 Å². The zero-order chi connectivity index (χ0) is 14.6. The number of carbonyl (C=O) groups is 2. The van der Waals surface area contributed by atoms with Gasteiger partial charge in [0.15, 0.2) is 5.76 Å². The van der Waals surface area contributed by atoms with Crippen LogP contribution in [-0.4, -0.2) is 32.0 Å². The fourth-order valence-corrected chi connectivity index (χ4v) is 2.29. The van der Waals surface area contributed by atoms with Gasteiger partial charge >= 0.3 is 0 Å². The smallest absolute Gasteiger partial charge is 0.271 e. The largest absolute Gasteiger partial charge is 0.507 e. The van der Waals surface area contributed by atoms with Crippen molar-refractivity contribution in [2.75, 3.05) is 0 Å². The lowest BCUT2D eigenvalue weighted by Gasteiger charge is -2.17. The number of ketones is 2. The number of carbonyl (C=O) groups excluding carboxylic acids is 2. The molecule has 1 aliphatic carbocycles. The van der Waals surface area contributed by atoms with Crippen molar-refractivity contribution in [1.29, 1.82) is 0 Å². The minimum atomic E-state index is -1.24. The van der Waals surface area contributed by atoms with E-state index in [2.05, 4.69) is 0 Å². The molecule has 0 amide bonds. The van der Waals surface area contributed by atoms with Gasteiger partial charge in [-0.2, -0.15) is 0 Å². The summed E-state index contributed by atoms with van der Waals surface area (Å²) in [5.41, 5.74) is -0.581. The van der Waals surface area contributed by atoms with Gasteiger partial charge in [0.05, 0.1) is 10.9 Å². The molecule has 0 fully saturated rings. The third-order valence-electron chi connectivity index (χ3n) is 3.24. The summed E-state index contributed by atoms with van der Waals surface area (Å²) in [5.74, 6) is -5.09. The summed E-state index contributed by atoms with van der Waals surface area (Å²) < 4.78 is 0. The fourth-order valence-electron chi connectivity index (χ4n) is 2.29. The molecule has 1 aliphatic rings. The predicted octanol–water partition coefficient (Wildman–Crippen LogP) is 1.80. The highest BCUT2D eigenvalue weighted by Crippen LogP contribution is 2.42. The van der Waals surface area contributed by atoms with Crippen LogP contribution in [0.3, 0.4) is 0 Å². The highest BCUT2D eigenvalue weighted by molar-refractivity contribution is 6.52. The Labute approximate surface area is 111 Å². The number of hydrogen-bond donors (Lipinski definition) is 4. The van der Waals surface area contributed by atoms with Crippen molar-refractivity contribution in [2.45, 2.75) is 0 Å². The Hall–Kier alpha value is -3.02. The van der Waals surface area contributed by atoms with Crippen LogP contribution in [0.25, 0.3) is 16.5 Å². The molecule has 0 radical (unpaired) electrons. The van der Waals surface area contributed by atoms with E-state index in [4.69, 9.17) is 0 Å². The number of aromatic hydroxyl groups is 2. The molecule has 0 spiro atoms. The van der Waals surface area contributed by atoms with Crippen molar-refractivity contribution < 1.29 is 30.0 Å². The third kappa shape index (κ3) is 1.33. The Morgan fingerprint density at radius 2 is 1.55 bits per heavy atom. The second kappa shape index (κ2) is 3.74. The van der Waals surface area contributed by atoms with Gasteiger partial charge in [-0.15, -0.1) is 0 Å². The Bertz CT molecular complexity index is 831. The Kier molecular flexibility index (Phi) is 2.25. The minimum absolute atomic E-state index is 0.0211. The van der Waals surface area contributed by atoms with Crippen LogP contribution in [0.5, 0.6) is 11.5 Å². The molecular weight excluding hydrogens is 264 g/mol. The normalized spacial score (nSPS) is 14.8. The molecule has 6 heteroatoms. The van der Waals surface area contributed by atoms with Gasteiger partial charge in [0, 0.05) is 5.56 Å². The van der Waals surface area contributed by atoms with E-state index in [0.717, 1.165) is 0 Å². The number of phenolic OH excluding ortho intramolecular Hbond substituents is 2. The van der Waals surface area contributed by atoms with Crippen LogP contribution in [0, 0.1) is 0 Å². The summed E-state index contributed by atoms with van der Waals surface area (Å²) in [7, 11) is 0. The summed E-state index contributed by atoms with van der Waals surface area (Å²) in [6.07, 6.45) is 0. The molecule has 0 unspecified atom stereocenters. The number of Topliss-reactive ketones (excluding diaryl/α,β-unsaturated/α-hetero) is 2. The van der Waals surface area contributed by atoms with Gasteiger partial charge in [0.1, 0.15) is 11.5 Å². The van der Waals surface area contributed by atoms with Gasteiger partial charge in [-0.1, -0.05) is 12.1 Å². The van der Waals surface area contributed by atoms with Crippen LogP contribution in [0.15, 0.2) is 30.0 Å². The van der Waals surface area contributed by atoms with Crippen molar-refractivity contribution in [3.8, 4) is 11.5 Å². The second-order valence-corrected chi connectivity index (χ2v) is 4.38. The summed E-state index contributed by atoms with van der Waals surface area (Å²) in [5, 5.41) is 39.4. The van der Waals surface area contributed by atoms with E-state index >= 15 is 0 Å². The Balaban J connectivity index is 2.53. The molecule has 6 nitrogen and oxygen atoms in total. The predicted molar refractivity (Wildman–Crippen MR) is 68.8 cm³/mol. The van der Waals surface area contributed by atoms with Gasteiger partial charge in [-0.25, -0.2) is 0 Å². The first-order valence-electron chi connectivity index (χ1n) is 5.62. The Morgan fingerprint density at radius 3 is 2.25 bits per heavy atom. The second-order valence-electron chi connectivity index (χ2n) is 4.38. The first kappa shape index (κ1) is 12.0. The monoisotopic (exact) mass is 272 g/mol. The van der Waals surface area contributed by atoms with Crippen LogP contribution in [0.2, 0.25) is 0 Å². The van der Waals surface area contributed by atoms with Gasteiger partial charge in [0.25, 0.3) is 5.78 Å². The topological polar surface area (TPSA) is 115 Å². The molecule has 0 saturated heterocycles. The molecule has 2 aromatic rings. The summed E-state index contributed by atoms with van der Waals surface area (Å²) >= 11 is 0. The molecule has 0 aromatic heterocycles. The van der Waals surface area contributed by atoms with Crippen molar-refractivity contribution in [3.63, 3.8) is 0 Å². The quantitative estimate of drug-likeness (QED) is 0.543. The van der Waals surface area contributed by atoms with Gasteiger partial charge < -0.3 is 20.4 Å². The number of fused-ring (bicyclic) bond motifs is 2. The molecule has 0 atom stereocenters. The molecule has 0 saturated carbocycles. The van der Waals surface area contributed by atoms with Crippen LogP contribution >= 0.6 is 0 Å². The molecule has 100 valence electrons. The average Bonchev–Trinajstić information content (AvgIpc) is 2.42. The molecule has 0 heterocycles. The van der Waals surface area contributed by atoms with Crippen molar-refractivity contribution in [2.24, 2.45) is 0 Å². The van der Waals surface area contributed by atoms with Gasteiger partial charge in [0.2, 0.25) is 11.5 Å². The molecule has 20 heavy (non-hydrogen) atoms. The number of phenols is 2. The van der Waals surface area contributed by atoms with Gasteiger partial charge in [-0.3, -0.25) is 9.59 Å². The number of rotatable bonds is 0. The summed E-state index contributed by atoms with van der Waals surface area (Å²) in [4.78, 5) is 23.3. The highest BCUT2D eigenvalue weighted by atomic mass is 16.3. The maximum absolute atomic E-state index is 11.8. The van der Waals surface area contributed by atoms with Crippen molar-refractivity contribution in [1.82, 2.24) is 0 Å². The SMILES string of the molecule is O=C1C(=O)c2cc3cccc(O)c3c(O)c2C(O)=C1O. The molecule has 2 aromatic carbocycles. The third-order valence-corrected chi connectivity index (χ3v) is 3.24. The first-order chi connectivity index (χ1) is 9.43. The van der Waals surface area contributed by atoms with Crippen molar-refractivity contribution in [3.05, 3.63) is 41.2 Å². The van der Waals surface area contributed by atoms with Crippen LogP contribution < -0.4 is 0 Å². The molecule has 3 rings (SSSR count). The molecular formula is C14H8O6. The van der Waals surface area contributed by atoms with E-state index in [1.54, 1.807) is 0 Å².